The molecule has 2 aliphatic heterocycles. The minimum absolute atomic E-state index is 0.0136. The van der Waals surface area contributed by atoms with Gasteiger partial charge < -0.3 is 30.1 Å². The molecule has 4 heterocycles. The molecule has 0 saturated carbocycles. The molecule has 3 amide bonds. The molecule has 0 spiro atoms. The topological polar surface area (TPSA) is 138 Å². The van der Waals surface area contributed by atoms with Gasteiger partial charge in [0.05, 0.1) is 33.6 Å². The maximum Gasteiger partial charge on any atom is 0.435 e. The van der Waals surface area contributed by atoms with Gasteiger partial charge >= 0.3 is 6.18 Å². The number of nitrogens with zero attached hydrogens (tertiary/aromatic N) is 6. The van der Waals surface area contributed by atoms with Crippen molar-refractivity contribution in [3.63, 3.8) is 0 Å². The van der Waals surface area contributed by atoms with Crippen LogP contribution in [0.1, 0.15) is 59.8 Å². The molecule has 47 heavy (non-hydrogen) atoms. The summed E-state index contributed by atoms with van der Waals surface area (Å²) in [7, 11) is 1.42. The summed E-state index contributed by atoms with van der Waals surface area (Å²) < 4.78 is 44.0. The average molecular weight is 679 g/mol. The second kappa shape index (κ2) is 13.6. The number of halogens is 4. The molecular weight excluding hydrogens is 641 g/mol. The molecule has 2 aromatic heterocycles. The summed E-state index contributed by atoms with van der Waals surface area (Å²) in [5, 5.41) is 19.7. The number of benzene rings is 1. The number of hydrogen-bond acceptors (Lipinski definition) is 7. The van der Waals surface area contributed by atoms with E-state index in [1.54, 1.807) is 18.7 Å². The van der Waals surface area contributed by atoms with E-state index in [1.165, 1.54) is 36.0 Å². The van der Waals surface area contributed by atoms with Crippen LogP contribution in [0.15, 0.2) is 30.6 Å². The van der Waals surface area contributed by atoms with Crippen molar-refractivity contribution in [1.82, 2.24) is 34.4 Å². The normalized spacial score (nSPS) is 16.4. The molecule has 16 heteroatoms. The molecule has 3 N–H and O–H groups in total. The smallest absolute Gasteiger partial charge is 0.390 e. The predicted molar refractivity (Wildman–Crippen MR) is 168 cm³/mol. The molecule has 2 fully saturated rings. The largest absolute Gasteiger partial charge is 0.435 e. The number of anilines is 1. The van der Waals surface area contributed by atoms with Crippen LogP contribution in [0.3, 0.4) is 0 Å². The summed E-state index contributed by atoms with van der Waals surface area (Å²) in [6.45, 7) is 6.44. The molecule has 0 atom stereocenters. The molecule has 2 saturated heterocycles. The molecular formula is C31H38ClF3N8O4. The summed E-state index contributed by atoms with van der Waals surface area (Å²) in [6, 6.07) is 4.42. The molecule has 254 valence electrons. The lowest BCUT2D eigenvalue weighted by Gasteiger charge is -2.37. The minimum Gasteiger partial charge on any atom is -0.390 e. The molecule has 0 unspecified atom stereocenters. The van der Waals surface area contributed by atoms with Crippen LogP contribution >= 0.6 is 11.6 Å². The highest BCUT2D eigenvalue weighted by Crippen LogP contribution is 2.36. The summed E-state index contributed by atoms with van der Waals surface area (Å²) in [5.74, 6) is -1.01. The van der Waals surface area contributed by atoms with Gasteiger partial charge in [-0.15, -0.1) is 0 Å². The first kappa shape index (κ1) is 34.4. The van der Waals surface area contributed by atoms with Crippen LogP contribution in [0.2, 0.25) is 5.02 Å². The molecule has 12 nitrogen and oxygen atoms in total. The van der Waals surface area contributed by atoms with Gasteiger partial charge in [-0.3, -0.25) is 19.1 Å². The Bertz CT molecular complexity index is 1630. The number of alkyl halides is 3. The average Bonchev–Trinajstić information content (AvgIpc) is 3.63. The van der Waals surface area contributed by atoms with E-state index in [-0.39, 0.29) is 64.1 Å². The summed E-state index contributed by atoms with van der Waals surface area (Å²) in [5.41, 5.74) is -1.97. The van der Waals surface area contributed by atoms with Gasteiger partial charge in [-0.05, 0) is 64.4 Å². The van der Waals surface area contributed by atoms with Gasteiger partial charge in [0.25, 0.3) is 11.8 Å². The van der Waals surface area contributed by atoms with Crippen molar-refractivity contribution in [2.45, 2.75) is 51.4 Å². The van der Waals surface area contributed by atoms with Crippen LogP contribution in [0.4, 0.5) is 18.9 Å². The third-order valence-corrected chi connectivity index (χ3v) is 8.79. The Morgan fingerprint density at radius 2 is 1.74 bits per heavy atom. The van der Waals surface area contributed by atoms with E-state index in [9.17, 15) is 32.7 Å². The number of carbonyl (C=O) groups is 3. The number of carbonyl (C=O) groups excluding carboxylic acids is 3. The quantitative estimate of drug-likeness (QED) is 0.331. The van der Waals surface area contributed by atoms with E-state index < -0.39 is 23.4 Å². The van der Waals surface area contributed by atoms with Crippen LogP contribution in [-0.2, 0) is 24.6 Å². The zero-order valence-corrected chi connectivity index (χ0v) is 27.2. The lowest BCUT2D eigenvalue weighted by molar-refractivity contribution is -0.141. The number of aromatic nitrogens is 4. The number of nitrogens with one attached hydrogen (secondary N) is 2. The maximum atomic E-state index is 13.9. The second-order valence-corrected chi connectivity index (χ2v) is 12.9. The van der Waals surface area contributed by atoms with Gasteiger partial charge in [0, 0.05) is 57.6 Å². The van der Waals surface area contributed by atoms with E-state index in [0.717, 1.165) is 36.8 Å². The van der Waals surface area contributed by atoms with Gasteiger partial charge in [0.2, 0.25) is 5.91 Å². The van der Waals surface area contributed by atoms with E-state index in [2.05, 4.69) is 20.7 Å². The molecule has 1 aromatic carbocycles. The fraction of sp³-hybridized carbons (Fsp3) is 0.516. The number of aryl methyl sites for hydroxylation is 1. The highest BCUT2D eigenvalue weighted by atomic mass is 35.5. The summed E-state index contributed by atoms with van der Waals surface area (Å²) >= 11 is 6.46. The van der Waals surface area contributed by atoms with Gasteiger partial charge in [-0.1, -0.05) is 11.6 Å². The Morgan fingerprint density at radius 1 is 1.09 bits per heavy atom. The lowest BCUT2D eigenvalue weighted by atomic mass is 9.96. The zero-order chi connectivity index (χ0) is 34.1. The number of hydrogen-bond donors (Lipinski definition) is 3. The van der Waals surface area contributed by atoms with E-state index in [4.69, 9.17) is 11.6 Å². The Morgan fingerprint density at radius 3 is 2.36 bits per heavy atom. The third-order valence-electron chi connectivity index (χ3n) is 8.47. The zero-order valence-electron chi connectivity index (χ0n) is 26.4. The molecule has 5 rings (SSSR count). The SMILES string of the molecule is Cn1c(-c2cn(CCC(C)(C)O)nc2C(F)(F)F)cnc1C(=O)Nc1ccc(C(=O)N2CCN(C(=O)C3CCNCC3)CC2)c(Cl)c1. The Labute approximate surface area is 274 Å². The van der Waals surface area contributed by atoms with Crippen molar-refractivity contribution < 1.29 is 32.7 Å². The standard InChI is InChI=1S/C31H38ClF3N8O4/c1-30(2,47)8-11-43-18-22(25(39-43)31(33,34)35)24-17-37-26(40(24)3)27(44)38-20-4-5-21(23(32)16-20)29(46)42-14-12-41(13-15-42)28(45)19-6-9-36-10-7-19/h4-5,16-19,36,47H,6-15H2,1-3H3,(H,38,44). The fourth-order valence-corrected chi connectivity index (χ4v) is 6.03. The first-order valence-corrected chi connectivity index (χ1v) is 15.8. The fourth-order valence-electron chi connectivity index (χ4n) is 5.77. The van der Waals surface area contributed by atoms with Gasteiger partial charge in [-0.2, -0.15) is 18.3 Å². The highest BCUT2D eigenvalue weighted by molar-refractivity contribution is 6.34. The number of piperidine rings is 1. The van der Waals surface area contributed by atoms with Crippen molar-refractivity contribution in [3.8, 4) is 11.3 Å². The van der Waals surface area contributed by atoms with Crippen LogP contribution < -0.4 is 10.6 Å². The number of piperazine rings is 1. The van der Waals surface area contributed by atoms with Gasteiger partial charge in [0.15, 0.2) is 11.5 Å². The molecule has 2 aliphatic rings. The summed E-state index contributed by atoms with van der Waals surface area (Å²) in [6.07, 6.45) is -0.588. The summed E-state index contributed by atoms with van der Waals surface area (Å²) in [4.78, 5) is 46.8. The van der Waals surface area contributed by atoms with Crippen molar-refractivity contribution in [2.75, 3.05) is 44.6 Å². The number of amides is 3. The van der Waals surface area contributed by atoms with Crippen LogP contribution in [-0.4, -0.2) is 96.8 Å². The maximum absolute atomic E-state index is 13.9. The minimum atomic E-state index is -4.77. The number of rotatable bonds is 8. The predicted octanol–water partition coefficient (Wildman–Crippen LogP) is 3.65. The Kier molecular flexibility index (Phi) is 9.99. The van der Waals surface area contributed by atoms with E-state index in [1.807, 2.05) is 4.90 Å². The molecule has 0 aliphatic carbocycles. The van der Waals surface area contributed by atoms with Crippen molar-refractivity contribution in [3.05, 3.63) is 52.7 Å². The Balaban J connectivity index is 1.24. The van der Waals surface area contributed by atoms with Crippen LogP contribution in [0.25, 0.3) is 11.3 Å². The molecule has 3 aromatic rings. The van der Waals surface area contributed by atoms with Crippen LogP contribution in [0.5, 0.6) is 0 Å². The van der Waals surface area contributed by atoms with Crippen molar-refractivity contribution in [1.29, 1.82) is 0 Å². The van der Waals surface area contributed by atoms with Crippen molar-refractivity contribution in [2.24, 2.45) is 13.0 Å². The number of aliphatic hydroxyl groups is 1. The van der Waals surface area contributed by atoms with Crippen LogP contribution in [0, 0.1) is 5.92 Å². The first-order valence-electron chi connectivity index (χ1n) is 15.4. The monoisotopic (exact) mass is 678 g/mol. The van der Waals surface area contributed by atoms with E-state index in [0.29, 0.717) is 26.2 Å². The number of imidazole rings is 1. The Hall–Kier alpha value is -3.95. The lowest BCUT2D eigenvalue weighted by Crippen LogP contribution is -2.52. The van der Waals surface area contributed by atoms with E-state index >= 15 is 0 Å². The van der Waals surface area contributed by atoms with Gasteiger partial charge in [0.1, 0.15) is 0 Å². The first-order chi connectivity index (χ1) is 22.1. The molecule has 0 radical (unpaired) electrons. The third kappa shape index (κ3) is 7.96. The highest BCUT2D eigenvalue weighted by Gasteiger charge is 2.39. The second-order valence-electron chi connectivity index (χ2n) is 12.5. The van der Waals surface area contributed by atoms with Crippen molar-refractivity contribution >= 4 is 35.0 Å². The van der Waals surface area contributed by atoms with Gasteiger partial charge in [-0.25, -0.2) is 4.98 Å². The molecule has 0 bridgehead atoms.